The fourth-order valence-electron chi connectivity index (χ4n) is 4.99. The summed E-state index contributed by atoms with van der Waals surface area (Å²) in [7, 11) is 0. The van der Waals surface area contributed by atoms with Crippen molar-refractivity contribution in [3.05, 3.63) is 17.0 Å². The highest BCUT2D eigenvalue weighted by atomic mass is 79.9. The van der Waals surface area contributed by atoms with E-state index in [4.69, 9.17) is 4.74 Å². The SMILES string of the molecule is CCOC(=O)[C@@H]1C2CCC(CC2)[C@H]1Nc1nc(Br)nc2c1ccn2C(CF)CF. The minimum Gasteiger partial charge on any atom is -0.466 e. The molecule has 0 spiro atoms. The highest BCUT2D eigenvalue weighted by Gasteiger charge is 2.48. The highest BCUT2D eigenvalue weighted by Crippen LogP contribution is 2.47. The Morgan fingerprint density at radius 2 is 1.97 bits per heavy atom. The van der Waals surface area contributed by atoms with E-state index in [1.807, 2.05) is 6.92 Å². The van der Waals surface area contributed by atoms with Gasteiger partial charge in [-0.2, -0.15) is 0 Å². The molecule has 0 amide bonds. The number of aromatic nitrogens is 3. The molecule has 9 heteroatoms. The molecule has 158 valence electrons. The van der Waals surface area contributed by atoms with Gasteiger partial charge in [-0.05, 0) is 66.4 Å². The molecule has 1 N–H and O–H groups in total. The minimum atomic E-state index is -0.917. The molecule has 6 nitrogen and oxygen atoms in total. The Labute approximate surface area is 176 Å². The number of carbonyl (C=O) groups is 1. The van der Waals surface area contributed by atoms with Crippen LogP contribution in [-0.2, 0) is 9.53 Å². The van der Waals surface area contributed by atoms with E-state index >= 15 is 0 Å². The zero-order valence-corrected chi connectivity index (χ0v) is 17.9. The number of anilines is 1. The first-order valence-corrected chi connectivity index (χ1v) is 11.0. The van der Waals surface area contributed by atoms with E-state index in [2.05, 4.69) is 31.2 Å². The molecule has 2 atom stereocenters. The van der Waals surface area contributed by atoms with Crippen LogP contribution in [0, 0.1) is 17.8 Å². The lowest BCUT2D eigenvalue weighted by molar-refractivity contribution is -0.154. The number of esters is 1. The van der Waals surface area contributed by atoms with Crippen molar-refractivity contribution < 1.29 is 18.3 Å². The summed E-state index contributed by atoms with van der Waals surface area (Å²) in [5.41, 5.74) is 0.461. The molecule has 3 aliphatic carbocycles. The summed E-state index contributed by atoms with van der Waals surface area (Å²) >= 11 is 3.32. The summed E-state index contributed by atoms with van der Waals surface area (Å²) in [6.07, 6.45) is 5.86. The summed E-state index contributed by atoms with van der Waals surface area (Å²) in [5, 5.41) is 4.18. The largest absolute Gasteiger partial charge is 0.466 e. The lowest BCUT2D eigenvalue weighted by Gasteiger charge is -2.47. The van der Waals surface area contributed by atoms with Gasteiger partial charge in [0.1, 0.15) is 24.8 Å². The van der Waals surface area contributed by atoms with E-state index in [-0.39, 0.29) is 17.9 Å². The number of rotatable bonds is 7. The van der Waals surface area contributed by atoms with Gasteiger partial charge in [0.25, 0.3) is 0 Å². The number of fused-ring (bicyclic) bond motifs is 4. The monoisotopic (exact) mass is 470 g/mol. The van der Waals surface area contributed by atoms with Crippen LogP contribution < -0.4 is 5.32 Å². The number of ether oxygens (including phenoxy) is 1. The van der Waals surface area contributed by atoms with Crippen molar-refractivity contribution in [1.82, 2.24) is 14.5 Å². The topological polar surface area (TPSA) is 69.0 Å². The third kappa shape index (κ3) is 3.73. The molecule has 2 aromatic rings. The Bertz CT molecular complexity index is 881. The number of carbonyl (C=O) groups excluding carboxylic acids is 1. The molecular formula is C20H25BrF2N4O2. The number of nitrogens with one attached hydrogen (secondary N) is 1. The second kappa shape index (κ2) is 8.53. The van der Waals surface area contributed by atoms with Crippen LogP contribution in [0.1, 0.15) is 38.6 Å². The summed E-state index contributed by atoms with van der Waals surface area (Å²) < 4.78 is 33.7. The average molecular weight is 471 g/mol. The first-order valence-electron chi connectivity index (χ1n) is 10.2. The Morgan fingerprint density at radius 3 is 2.62 bits per heavy atom. The van der Waals surface area contributed by atoms with E-state index in [1.165, 1.54) is 4.57 Å². The predicted octanol–water partition coefficient (Wildman–Crippen LogP) is 4.45. The summed E-state index contributed by atoms with van der Waals surface area (Å²) in [4.78, 5) is 21.5. The second-order valence-electron chi connectivity index (χ2n) is 7.89. The van der Waals surface area contributed by atoms with Crippen molar-refractivity contribution in [2.75, 3.05) is 25.3 Å². The molecule has 3 aliphatic rings. The van der Waals surface area contributed by atoms with Gasteiger partial charge < -0.3 is 14.6 Å². The molecule has 0 saturated heterocycles. The zero-order valence-electron chi connectivity index (χ0n) is 16.3. The van der Waals surface area contributed by atoms with Gasteiger partial charge in [-0.25, -0.2) is 18.7 Å². The van der Waals surface area contributed by atoms with Crippen LogP contribution in [-0.4, -0.2) is 46.5 Å². The number of alkyl halides is 2. The molecule has 3 fully saturated rings. The van der Waals surface area contributed by atoms with Crippen LogP contribution in [0.15, 0.2) is 17.0 Å². The van der Waals surface area contributed by atoms with E-state index in [1.54, 1.807) is 12.3 Å². The van der Waals surface area contributed by atoms with Gasteiger partial charge in [-0.3, -0.25) is 4.79 Å². The van der Waals surface area contributed by atoms with E-state index in [0.717, 1.165) is 25.7 Å². The maximum atomic E-state index is 13.3. The summed E-state index contributed by atoms with van der Waals surface area (Å²) in [5.74, 6) is 0.882. The number of halogens is 3. The standard InChI is InChI=1S/C20H25BrF2N4O2/c1-2-29-19(28)15-11-3-5-12(6-4-11)16(15)24-17-14-7-8-27(13(9-22)10-23)18(14)26-20(21)25-17/h7-8,11-13,15-16H,2-6,9-10H2,1H3,(H,24,25,26)/t11?,12?,15-,16-/m1/s1. The molecular weight excluding hydrogens is 446 g/mol. The quantitative estimate of drug-likeness (QED) is 0.477. The van der Waals surface area contributed by atoms with E-state index < -0.39 is 19.4 Å². The molecule has 0 aliphatic heterocycles. The first-order chi connectivity index (χ1) is 14.1. The fourth-order valence-corrected chi connectivity index (χ4v) is 5.34. The smallest absolute Gasteiger partial charge is 0.311 e. The Kier molecular flexibility index (Phi) is 6.03. The second-order valence-corrected chi connectivity index (χ2v) is 8.60. The first kappa shape index (κ1) is 20.5. The Morgan fingerprint density at radius 1 is 1.28 bits per heavy atom. The van der Waals surface area contributed by atoms with Crippen LogP contribution in [0.25, 0.3) is 11.0 Å². The van der Waals surface area contributed by atoms with Gasteiger partial charge in [0.05, 0.1) is 24.0 Å². The lowest BCUT2D eigenvalue weighted by atomic mass is 9.61. The van der Waals surface area contributed by atoms with Crippen molar-refractivity contribution in [3.63, 3.8) is 0 Å². The molecule has 5 rings (SSSR count). The van der Waals surface area contributed by atoms with Crippen molar-refractivity contribution in [3.8, 4) is 0 Å². The lowest BCUT2D eigenvalue weighted by Crippen LogP contribution is -2.52. The van der Waals surface area contributed by atoms with Crippen molar-refractivity contribution in [2.45, 2.75) is 44.7 Å². The Balaban J connectivity index is 1.70. The van der Waals surface area contributed by atoms with Gasteiger partial charge >= 0.3 is 5.97 Å². The molecule has 0 unspecified atom stereocenters. The van der Waals surface area contributed by atoms with Gasteiger partial charge in [0.15, 0.2) is 0 Å². The molecule has 2 heterocycles. The van der Waals surface area contributed by atoms with Crippen LogP contribution in [0.4, 0.5) is 14.6 Å². The third-order valence-corrected chi connectivity index (χ3v) is 6.73. The fraction of sp³-hybridized carbons (Fsp3) is 0.650. The van der Waals surface area contributed by atoms with Crippen molar-refractivity contribution >= 4 is 38.8 Å². The zero-order chi connectivity index (χ0) is 20.5. The summed E-state index contributed by atoms with van der Waals surface area (Å²) in [6.45, 7) is 0.546. The van der Waals surface area contributed by atoms with Gasteiger partial charge in [0, 0.05) is 12.2 Å². The van der Waals surface area contributed by atoms with Gasteiger partial charge in [0.2, 0.25) is 4.73 Å². The predicted molar refractivity (Wildman–Crippen MR) is 109 cm³/mol. The molecule has 29 heavy (non-hydrogen) atoms. The molecule has 0 radical (unpaired) electrons. The molecule has 3 saturated carbocycles. The average Bonchev–Trinajstić information content (AvgIpc) is 3.14. The molecule has 2 aromatic heterocycles. The maximum Gasteiger partial charge on any atom is 0.311 e. The van der Waals surface area contributed by atoms with Crippen molar-refractivity contribution in [1.29, 1.82) is 0 Å². The van der Waals surface area contributed by atoms with Crippen LogP contribution in [0.3, 0.4) is 0 Å². The Hall–Kier alpha value is -1.77. The summed E-state index contributed by atoms with van der Waals surface area (Å²) in [6, 6.07) is 0.774. The number of hydrogen-bond donors (Lipinski definition) is 1. The molecule has 2 bridgehead atoms. The van der Waals surface area contributed by atoms with Crippen LogP contribution in [0.5, 0.6) is 0 Å². The third-order valence-electron chi connectivity index (χ3n) is 6.38. The van der Waals surface area contributed by atoms with Crippen LogP contribution >= 0.6 is 15.9 Å². The maximum absolute atomic E-state index is 13.3. The van der Waals surface area contributed by atoms with Crippen LogP contribution in [0.2, 0.25) is 0 Å². The van der Waals surface area contributed by atoms with Gasteiger partial charge in [-0.1, -0.05) is 0 Å². The number of hydrogen-bond acceptors (Lipinski definition) is 5. The van der Waals surface area contributed by atoms with Crippen molar-refractivity contribution in [2.24, 2.45) is 17.8 Å². The normalized spacial score (nSPS) is 26.2. The van der Waals surface area contributed by atoms with E-state index in [9.17, 15) is 13.6 Å². The van der Waals surface area contributed by atoms with E-state index in [0.29, 0.717) is 40.0 Å². The minimum absolute atomic E-state index is 0.0759. The number of nitrogens with zero attached hydrogens (tertiary/aromatic N) is 3. The van der Waals surface area contributed by atoms with Gasteiger partial charge in [-0.15, -0.1) is 0 Å². The highest BCUT2D eigenvalue weighted by molar-refractivity contribution is 9.10. The molecule has 0 aromatic carbocycles.